The number of hydrogen-bond acceptors (Lipinski definition) is 9. The number of aryl methyl sites for hydroxylation is 1. The quantitative estimate of drug-likeness (QED) is 0.268. The van der Waals surface area contributed by atoms with Gasteiger partial charge in [-0.25, -0.2) is 9.07 Å². The molecule has 2 saturated heterocycles. The minimum Gasteiger partial charge on any atom is -0.381 e. The minimum atomic E-state index is -0.280. The van der Waals surface area contributed by atoms with Crippen LogP contribution in [0.5, 0.6) is 0 Å². The molecule has 5 heterocycles. The second-order valence-corrected chi connectivity index (χ2v) is 9.85. The number of nitrogens with zero attached hydrogens (tertiary/aromatic N) is 5. The predicted molar refractivity (Wildman–Crippen MR) is 142 cm³/mol. The lowest BCUT2D eigenvalue weighted by molar-refractivity contribution is 0.0673. The highest BCUT2D eigenvalue weighted by atomic mass is 19.1. The number of aromatic amines is 1. The smallest absolute Gasteiger partial charge is 0.227 e. The van der Waals surface area contributed by atoms with Crippen molar-refractivity contribution < 1.29 is 13.9 Å². The third-order valence-electron chi connectivity index (χ3n) is 6.94. The minimum absolute atomic E-state index is 0.108. The monoisotopic (exact) mass is 521 g/mol. The summed E-state index contributed by atoms with van der Waals surface area (Å²) in [6, 6.07) is 7.31. The Hall–Kier alpha value is -3.77. The average molecular weight is 522 g/mol. The second kappa shape index (κ2) is 10.9. The van der Waals surface area contributed by atoms with E-state index in [1.165, 1.54) is 6.07 Å². The van der Waals surface area contributed by atoms with Crippen molar-refractivity contribution in [3.8, 4) is 0 Å². The molecular weight excluding hydrogens is 489 g/mol. The Bertz CT molecular complexity index is 1390. The van der Waals surface area contributed by atoms with E-state index < -0.39 is 0 Å². The zero-order valence-electron chi connectivity index (χ0n) is 21.3. The van der Waals surface area contributed by atoms with Gasteiger partial charge in [-0.15, -0.1) is 0 Å². The normalized spacial score (nSPS) is 18.5. The standard InChI is InChI=1S/C26H32FN9O2/c1-16-11-23(35-34-16)31-24-20-14-29-36(19-6-9-37-10-7-19)25(20)33-26(32-24)28-13-17-4-5-21(27)22(12-17)30-18-3-2-8-38-15-18/h4-5,11-12,14,18-19,30H,2-3,6-10,13,15H2,1H3,(H3,28,31,32,33,34,35). The molecule has 0 aliphatic carbocycles. The molecule has 0 amide bonds. The van der Waals surface area contributed by atoms with Crippen molar-refractivity contribution >= 4 is 34.3 Å². The molecule has 0 radical (unpaired) electrons. The SMILES string of the molecule is Cc1cc(Nc2nc(NCc3ccc(F)c(NC4CCCOC4)c3)nc3c2cnn3C2CCOCC2)n[nH]1. The van der Waals surface area contributed by atoms with Gasteiger partial charge in [0.05, 0.1) is 29.9 Å². The van der Waals surface area contributed by atoms with E-state index in [9.17, 15) is 4.39 Å². The second-order valence-electron chi connectivity index (χ2n) is 9.85. The van der Waals surface area contributed by atoms with E-state index in [2.05, 4.69) is 31.2 Å². The fourth-order valence-corrected chi connectivity index (χ4v) is 4.95. The molecule has 3 aromatic heterocycles. The number of H-pyrrole nitrogens is 1. The summed E-state index contributed by atoms with van der Waals surface area (Å²) in [5.74, 6) is 1.44. The summed E-state index contributed by atoms with van der Waals surface area (Å²) in [5.41, 5.74) is 3.06. The molecule has 2 aliphatic heterocycles. The molecule has 0 saturated carbocycles. The van der Waals surface area contributed by atoms with Gasteiger partial charge in [0.1, 0.15) is 11.6 Å². The largest absolute Gasteiger partial charge is 0.381 e. The van der Waals surface area contributed by atoms with E-state index in [1.807, 2.05) is 23.7 Å². The Balaban J connectivity index is 1.26. The Labute approximate surface area is 219 Å². The summed E-state index contributed by atoms with van der Waals surface area (Å²) in [5, 5.41) is 22.6. The van der Waals surface area contributed by atoms with Crippen molar-refractivity contribution in [1.29, 1.82) is 0 Å². The number of benzene rings is 1. The highest BCUT2D eigenvalue weighted by Crippen LogP contribution is 2.30. The number of nitrogens with one attached hydrogen (secondary N) is 4. The van der Waals surface area contributed by atoms with Crippen LogP contribution in [0.3, 0.4) is 0 Å². The lowest BCUT2D eigenvalue weighted by atomic mass is 10.1. The highest BCUT2D eigenvalue weighted by Gasteiger charge is 2.22. The Morgan fingerprint density at radius 1 is 1.11 bits per heavy atom. The first kappa shape index (κ1) is 24.6. The van der Waals surface area contributed by atoms with Crippen molar-refractivity contribution in [3.05, 3.63) is 47.5 Å². The van der Waals surface area contributed by atoms with Crippen molar-refractivity contribution in [2.45, 2.75) is 51.2 Å². The van der Waals surface area contributed by atoms with Crippen LogP contribution in [0, 0.1) is 12.7 Å². The summed E-state index contributed by atoms with van der Waals surface area (Å²) < 4.78 is 27.6. The van der Waals surface area contributed by atoms with Gasteiger partial charge in [-0.05, 0) is 50.3 Å². The molecular formula is C26H32FN9O2. The van der Waals surface area contributed by atoms with Gasteiger partial charge < -0.3 is 25.4 Å². The summed E-state index contributed by atoms with van der Waals surface area (Å²) in [6.07, 6.45) is 5.48. The van der Waals surface area contributed by atoms with Crippen LogP contribution in [0.15, 0.2) is 30.5 Å². The van der Waals surface area contributed by atoms with Gasteiger partial charge in [0.15, 0.2) is 11.5 Å². The molecule has 11 nitrogen and oxygen atoms in total. The molecule has 1 unspecified atom stereocenters. The molecule has 4 N–H and O–H groups in total. The van der Waals surface area contributed by atoms with Gasteiger partial charge in [-0.3, -0.25) is 5.10 Å². The van der Waals surface area contributed by atoms with E-state index in [4.69, 9.17) is 19.4 Å². The van der Waals surface area contributed by atoms with Crippen LogP contribution in [0.4, 0.5) is 27.7 Å². The fraction of sp³-hybridized carbons (Fsp3) is 0.462. The summed E-state index contributed by atoms with van der Waals surface area (Å²) in [6.45, 7) is 5.12. The van der Waals surface area contributed by atoms with Gasteiger partial charge in [0.2, 0.25) is 5.95 Å². The number of aromatic nitrogens is 6. The van der Waals surface area contributed by atoms with Crippen LogP contribution in [-0.4, -0.2) is 62.4 Å². The number of fused-ring (bicyclic) bond motifs is 1. The molecule has 1 atom stereocenters. The van der Waals surface area contributed by atoms with Gasteiger partial charge >= 0.3 is 0 Å². The summed E-state index contributed by atoms with van der Waals surface area (Å²) in [4.78, 5) is 9.57. The van der Waals surface area contributed by atoms with E-state index >= 15 is 0 Å². The fourth-order valence-electron chi connectivity index (χ4n) is 4.95. The van der Waals surface area contributed by atoms with Crippen LogP contribution in [0.1, 0.15) is 43.0 Å². The Kier molecular flexibility index (Phi) is 7.06. The molecule has 12 heteroatoms. The molecule has 0 spiro atoms. The lowest BCUT2D eigenvalue weighted by Gasteiger charge is -2.24. The van der Waals surface area contributed by atoms with Gasteiger partial charge in [0.25, 0.3) is 0 Å². The lowest BCUT2D eigenvalue weighted by Crippen LogP contribution is -2.30. The van der Waals surface area contributed by atoms with Crippen molar-refractivity contribution in [1.82, 2.24) is 29.9 Å². The number of anilines is 4. The van der Waals surface area contributed by atoms with Gasteiger partial charge in [-0.2, -0.15) is 20.2 Å². The van der Waals surface area contributed by atoms with E-state index in [-0.39, 0.29) is 17.9 Å². The molecule has 6 rings (SSSR count). The molecule has 38 heavy (non-hydrogen) atoms. The van der Waals surface area contributed by atoms with Crippen molar-refractivity contribution in [2.24, 2.45) is 0 Å². The zero-order valence-corrected chi connectivity index (χ0v) is 21.3. The topological polar surface area (TPSA) is 127 Å². The first-order valence-corrected chi connectivity index (χ1v) is 13.1. The molecule has 1 aromatic carbocycles. The first-order valence-electron chi connectivity index (χ1n) is 13.1. The van der Waals surface area contributed by atoms with Crippen molar-refractivity contribution in [2.75, 3.05) is 42.4 Å². The number of ether oxygens (including phenoxy) is 2. The Morgan fingerprint density at radius 3 is 2.79 bits per heavy atom. The maximum absolute atomic E-state index is 14.5. The van der Waals surface area contributed by atoms with E-state index in [0.717, 1.165) is 54.6 Å². The molecule has 200 valence electrons. The molecule has 4 aromatic rings. The number of rotatable bonds is 8. The van der Waals surface area contributed by atoms with Crippen molar-refractivity contribution in [3.63, 3.8) is 0 Å². The summed E-state index contributed by atoms with van der Waals surface area (Å²) in [7, 11) is 0. The predicted octanol–water partition coefficient (Wildman–Crippen LogP) is 4.30. The van der Waals surface area contributed by atoms with Crippen LogP contribution in [0.25, 0.3) is 11.0 Å². The van der Waals surface area contributed by atoms with Crippen LogP contribution in [0.2, 0.25) is 0 Å². The van der Waals surface area contributed by atoms with E-state index in [0.29, 0.717) is 49.6 Å². The molecule has 2 aliphatic rings. The van der Waals surface area contributed by atoms with Crippen LogP contribution in [-0.2, 0) is 16.0 Å². The van der Waals surface area contributed by atoms with Crippen LogP contribution >= 0.6 is 0 Å². The Morgan fingerprint density at radius 2 is 2.00 bits per heavy atom. The number of hydrogen-bond donors (Lipinski definition) is 4. The zero-order chi connectivity index (χ0) is 25.9. The first-order chi connectivity index (χ1) is 18.6. The molecule has 0 bridgehead atoms. The van der Waals surface area contributed by atoms with E-state index in [1.54, 1.807) is 12.3 Å². The molecule has 2 fully saturated rings. The van der Waals surface area contributed by atoms with Crippen LogP contribution < -0.4 is 16.0 Å². The maximum atomic E-state index is 14.5. The average Bonchev–Trinajstić information content (AvgIpc) is 3.56. The third kappa shape index (κ3) is 5.41. The maximum Gasteiger partial charge on any atom is 0.227 e. The third-order valence-corrected chi connectivity index (χ3v) is 6.94. The van der Waals surface area contributed by atoms with Gasteiger partial charge in [0, 0.05) is 44.2 Å². The van der Waals surface area contributed by atoms with Gasteiger partial charge in [-0.1, -0.05) is 6.07 Å². The highest BCUT2D eigenvalue weighted by molar-refractivity contribution is 5.89. The number of halogens is 1. The summed E-state index contributed by atoms with van der Waals surface area (Å²) >= 11 is 0.